The Morgan fingerprint density at radius 1 is 1.05 bits per heavy atom. The van der Waals surface area contributed by atoms with Crippen LogP contribution in [0.2, 0.25) is 0 Å². The minimum absolute atomic E-state index is 0.146. The molecule has 0 saturated heterocycles. The van der Waals surface area contributed by atoms with Crippen LogP contribution in [0.25, 0.3) is 26.2 Å². The Hall–Kier alpha value is -1.93. The lowest BCUT2D eigenvalue weighted by Gasteiger charge is -2.09. The van der Waals surface area contributed by atoms with Gasteiger partial charge in [-0.25, -0.2) is 0 Å². The molecule has 0 amide bonds. The Kier molecular flexibility index (Phi) is 3.64. The summed E-state index contributed by atoms with van der Waals surface area (Å²) in [7, 11) is 0. The summed E-state index contributed by atoms with van der Waals surface area (Å²) >= 11 is 1.75. The van der Waals surface area contributed by atoms with Crippen LogP contribution in [0.1, 0.15) is 30.5 Å². The van der Waals surface area contributed by atoms with Crippen LogP contribution < -0.4 is 5.43 Å². The molecule has 106 valence electrons. The zero-order valence-corrected chi connectivity index (χ0v) is 13.2. The van der Waals surface area contributed by atoms with Crippen molar-refractivity contribution in [2.45, 2.75) is 26.7 Å². The molecule has 3 rings (SSSR count). The zero-order valence-electron chi connectivity index (χ0n) is 12.4. The maximum atomic E-state index is 12.9. The summed E-state index contributed by atoms with van der Waals surface area (Å²) in [6.45, 7) is 8.10. The van der Waals surface area contributed by atoms with Gasteiger partial charge in [-0.15, -0.1) is 11.3 Å². The summed E-state index contributed by atoms with van der Waals surface area (Å²) in [5, 5.41) is 1.67. The molecular weight excluding hydrogens is 276 g/mol. The molecule has 0 radical (unpaired) electrons. The Bertz CT molecular complexity index is 903. The number of fused-ring (bicyclic) bond motifs is 2. The highest BCUT2D eigenvalue weighted by Gasteiger charge is 2.11. The first kappa shape index (κ1) is 14.0. The lowest BCUT2D eigenvalue weighted by Crippen LogP contribution is -2.03. The summed E-state index contributed by atoms with van der Waals surface area (Å²) in [6.07, 6.45) is 3.69. The molecule has 2 heteroatoms. The second-order valence-corrected chi connectivity index (χ2v) is 6.21. The molecule has 0 N–H and O–H groups in total. The van der Waals surface area contributed by atoms with Gasteiger partial charge in [0.15, 0.2) is 5.43 Å². The molecule has 0 atom stereocenters. The van der Waals surface area contributed by atoms with Gasteiger partial charge in [0.2, 0.25) is 0 Å². The highest BCUT2D eigenvalue weighted by atomic mass is 32.1. The van der Waals surface area contributed by atoms with Crippen molar-refractivity contribution in [2.75, 3.05) is 0 Å². The Balaban J connectivity index is 2.56. The lowest BCUT2D eigenvalue weighted by atomic mass is 10.0. The van der Waals surface area contributed by atoms with E-state index < -0.39 is 0 Å². The summed E-state index contributed by atoms with van der Waals surface area (Å²) in [5.41, 5.74) is 3.66. The zero-order chi connectivity index (χ0) is 15.0. The quantitative estimate of drug-likeness (QED) is 0.608. The van der Waals surface area contributed by atoms with E-state index in [2.05, 4.69) is 32.6 Å². The number of hydrogen-bond donors (Lipinski definition) is 0. The lowest BCUT2D eigenvalue weighted by molar-refractivity contribution is 1.16. The Morgan fingerprint density at radius 3 is 2.43 bits per heavy atom. The summed E-state index contributed by atoms with van der Waals surface area (Å²) < 4.78 is 2.26. The van der Waals surface area contributed by atoms with E-state index in [0.29, 0.717) is 0 Å². The van der Waals surface area contributed by atoms with E-state index >= 15 is 0 Å². The molecular formula is C19H18OS. The maximum Gasteiger partial charge on any atom is 0.195 e. The number of rotatable bonds is 3. The van der Waals surface area contributed by atoms with Crippen molar-refractivity contribution in [3.05, 3.63) is 63.8 Å². The van der Waals surface area contributed by atoms with Gasteiger partial charge in [0, 0.05) is 20.2 Å². The van der Waals surface area contributed by atoms with Crippen LogP contribution in [0.15, 0.2) is 41.7 Å². The van der Waals surface area contributed by atoms with Crippen molar-refractivity contribution >= 4 is 37.6 Å². The average molecular weight is 294 g/mol. The first-order valence-corrected chi connectivity index (χ1v) is 8.15. The molecule has 21 heavy (non-hydrogen) atoms. The van der Waals surface area contributed by atoms with E-state index in [1.165, 1.54) is 11.1 Å². The van der Waals surface area contributed by atoms with Gasteiger partial charge in [-0.2, -0.15) is 0 Å². The molecule has 0 fully saturated rings. The van der Waals surface area contributed by atoms with E-state index in [1.54, 1.807) is 11.3 Å². The van der Waals surface area contributed by atoms with Crippen molar-refractivity contribution in [3.8, 4) is 0 Å². The van der Waals surface area contributed by atoms with Gasteiger partial charge in [0.05, 0.1) is 0 Å². The number of hydrogen-bond acceptors (Lipinski definition) is 2. The highest BCUT2D eigenvalue weighted by Crippen LogP contribution is 2.31. The van der Waals surface area contributed by atoms with Gasteiger partial charge in [-0.1, -0.05) is 44.7 Å². The van der Waals surface area contributed by atoms with Crippen LogP contribution in [0.3, 0.4) is 0 Å². The molecule has 1 heterocycles. The van der Waals surface area contributed by atoms with Gasteiger partial charge < -0.3 is 0 Å². The fourth-order valence-corrected chi connectivity index (χ4v) is 4.21. The fourth-order valence-electron chi connectivity index (χ4n) is 2.79. The van der Waals surface area contributed by atoms with E-state index in [4.69, 9.17) is 0 Å². The maximum absolute atomic E-state index is 12.9. The van der Waals surface area contributed by atoms with Crippen LogP contribution in [-0.4, -0.2) is 0 Å². The monoisotopic (exact) mass is 294 g/mol. The van der Waals surface area contributed by atoms with Crippen LogP contribution >= 0.6 is 11.3 Å². The SMILES string of the molecule is C=Cc1cc(CC)c2sc3c(CC)cccc3c(=O)c2c1. The third-order valence-electron chi connectivity index (χ3n) is 3.98. The van der Waals surface area contributed by atoms with Crippen LogP contribution in [0, 0.1) is 0 Å². The number of aryl methyl sites for hydroxylation is 2. The third-order valence-corrected chi connectivity index (χ3v) is 5.35. The van der Waals surface area contributed by atoms with Crippen molar-refractivity contribution in [2.24, 2.45) is 0 Å². The molecule has 0 bridgehead atoms. The van der Waals surface area contributed by atoms with Gasteiger partial charge in [0.25, 0.3) is 0 Å². The predicted molar refractivity (Wildman–Crippen MR) is 94.4 cm³/mol. The van der Waals surface area contributed by atoms with Crippen LogP contribution in [-0.2, 0) is 12.8 Å². The summed E-state index contributed by atoms with van der Waals surface area (Å²) in [4.78, 5) is 12.9. The van der Waals surface area contributed by atoms with Gasteiger partial charge in [-0.3, -0.25) is 4.79 Å². The first-order valence-electron chi connectivity index (χ1n) is 7.33. The molecule has 0 aliphatic rings. The van der Waals surface area contributed by atoms with E-state index in [-0.39, 0.29) is 5.43 Å². The largest absolute Gasteiger partial charge is 0.289 e. The van der Waals surface area contributed by atoms with Crippen LogP contribution in [0.5, 0.6) is 0 Å². The Labute approximate surface area is 128 Å². The van der Waals surface area contributed by atoms with Crippen molar-refractivity contribution in [1.29, 1.82) is 0 Å². The van der Waals surface area contributed by atoms with Crippen molar-refractivity contribution in [1.82, 2.24) is 0 Å². The minimum Gasteiger partial charge on any atom is -0.289 e. The Morgan fingerprint density at radius 2 is 1.76 bits per heavy atom. The molecule has 0 unspecified atom stereocenters. The topological polar surface area (TPSA) is 17.1 Å². The standard InChI is InChI=1S/C19H18OS/c1-4-12-10-14(6-3)19-16(11-12)17(20)15-9-7-8-13(5-2)18(15)21-19/h4,7-11H,1,5-6H2,2-3H3. The molecule has 2 aromatic carbocycles. The predicted octanol–water partition coefficient (Wildman–Crippen LogP) is 5.18. The third kappa shape index (κ3) is 2.20. The van der Waals surface area contributed by atoms with Gasteiger partial charge in [-0.05, 0) is 41.7 Å². The fraction of sp³-hybridized carbons (Fsp3) is 0.211. The number of benzene rings is 2. The summed E-state index contributed by atoms with van der Waals surface area (Å²) in [5.74, 6) is 0. The molecule has 3 aromatic rings. The smallest absolute Gasteiger partial charge is 0.195 e. The molecule has 0 saturated carbocycles. The van der Waals surface area contributed by atoms with E-state index in [9.17, 15) is 4.79 Å². The molecule has 0 aliphatic heterocycles. The van der Waals surface area contributed by atoms with E-state index in [0.717, 1.165) is 38.6 Å². The molecule has 1 aromatic heterocycles. The first-order chi connectivity index (χ1) is 10.2. The van der Waals surface area contributed by atoms with Crippen molar-refractivity contribution < 1.29 is 0 Å². The molecule has 0 aliphatic carbocycles. The average Bonchev–Trinajstić information content (AvgIpc) is 2.53. The van der Waals surface area contributed by atoms with Gasteiger partial charge >= 0.3 is 0 Å². The second kappa shape index (κ2) is 5.45. The molecule has 0 spiro atoms. The van der Waals surface area contributed by atoms with E-state index in [1.807, 2.05) is 24.3 Å². The molecule has 1 nitrogen and oxygen atoms in total. The normalized spacial score (nSPS) is 11.1. The highest BCUT2D eigenvalue weighted by molar-refractivity contribution is 7.24. The van der Waals surface area contributed by atoms with Crippen LogP contribution in [0.4, 0.5) is 0 Å². The summed E-state index contributed by atoms with van der Waals surface area (Å²) in [6, 6.07) is 10.2. The van der Waals surface area contributed by atoms with Crippen molar-refractivity contribution in [3.63, 3.8) is 0 Å². The minimum atomic E-state index is 0.146. The van der Waals surface area contributed by atoms with Gasteiger partial charge in [0.1, 0.15) is 0 Å². The second-order valence-electron chi connectivity index (χ2n) is 5.19.